The fourth-order valence-electron chi connectivity index (χ4n) is 1.60. The zero-order valence-corrected chi connectivity index (χ0v) is 11.8. The fourth-order valence-corrected chi connectivity index (χ4v) is 2.67. The molecule has 1 aromatic carbocycles. The second-order valence-corrected chi connectivity index (χ2v) is 6.76. The van der Waals surface area contributed by atoms with Crippen molar-refractivity contribution in [2.75, 3.05) is 4.66 Å². The molecule has 0 amide bonds. The predicted octanol–water partition coefficient (Wildman–Crippen LogP) is 2.64. The van der Waals surface area contributed by atoms with E-state index in [-0.39, 0.29) is 4.66 Å². The second-order valence-electron chi connectivity index (χ2n) is 3.70. The van der Waals surface area contributed by atoms with Crippen LogP contribution in [-0.4, -0.2) is 13.1 Å². The summed E-state index contributed by atoms with van der Waals surface area (Å²) in [5.74, 6) is 0.561. The van der Waals surface area contributed by atoms with Gasteiger partial charge in [-0.05, 0) is 17.7 Å². The van der Waals surface area contributed by atoms with Gasteiger partial charge in [-0.25, -0.2) is 8.42 Å². The Morgan fingerprint density at radius 3 is 2.44 bits per heavy atom. The van der Waals surface area contributed by atoms with Crippen LogP contribution in [0.2, 0.25) is 0 Å². The van der Waals surface area contributed by atoms with Crippen molar-refractivity contribution in [3.8, 4) is 0 Å². The molecular formula is C12H12BrNO3S. The van der Waals surface area contributed by atoms with Crippen LogP contribution in [0.1, 0.15) is 17.4 Å². The van der Waals surface area contributed by atoms with Crippen molar-refractivity contribution in [3.63, 3.8) is 0 Å². The molecule has 18 heavy (non-hydrogen) atoms. The summed E-state index contributed by atoms with van der Waals surface area (Å²) in [5.41, 5.74) is 0.831. The zero-order valence-electron chi connectivity index (χ0n) is 9.41. The standard InChI is InChI=1S/C12H12BrNO3S/c13-9-18(15,16)14-12(11-7-4-8-17-11)10-5-2-1-3-6-10/h1-8,12,14H,9H2. The van der Waals surface area contributed by atoms with Crippen LogP contribution in [0.4, 0.5) is 0 Å². The minimum atomic E-state index is -3.39. The number of sulfonamides is 1. The van der Waals surface area contributed by atoms with E-state index in [0.29, 0.717) is 5.76 Å². The van der Waals surface area contributed by atoms with Gasteiger partial charge in [-0.15, -0.1) is 0 Å². The number of furan rings is 1. The van der Waals surface area contributed by atoms with Crippen LogP contribution in [0.15, 0.2) is 53.1 Å². The zero-order chi connectivity index (χ0) is 13.0. The van der Waals surface area contributed by atoms with E-state index < -0.39 is 16.1 Å². The summed E-state index contributed by atoms with van der Waals surface area (Å²) in [6.45, 7) is 0. The molecule has 1 N–H and O–H groups in total. The van der Waals surface area contributed by atoms with Gasteiger partial charge in [0.2, 0.25) is 10.0 Å². The first-order valence-corrected chi connectivity index (χ1v) is 8.04. The van der Waals surface area contributed by atoms with Gasteiger partial charge in [-0.3, -0.25) is 0 Å². The third-order valence-corrected chi connectivity index (χ3v) is 5.09. The SMILES string of the molecule is O=S(=O)(CBr)NC(c1ccccc1)c1ccco1. The summed E-state index contributed by atoms with van der Waals surface area (Å²) in [4.78, 5) is 0. The Kier molecular flexibility index (Phi) is 4.21. The van der Waals surface area contributed by atoms with Crippen LogP contribution in [0.5, 0.6) is 0 Å². The number of hydrogen-bond acceptors (Lipinski definition) is 3. The third kappa shape index (κ3) is 3.22. The Bertz CT molecular complexity index is 581. The molecule has 0 saturated carbocycles. The quantitative estimate of drug-likeness (QED) is 0.858. The van der Waals surface area contributed by atoms with E-state index in [2.05, 4.69) is 20.7 Å². The minimum Gasteiger partial charge on any atom is -0.467 e. The summed E-state index contributed by atoms with van der Waals surface area (Å²) in [5, 5.41) is 0. The van der Waals surface area contributed by atoms with Gasteiger partial charge in [0.05, 0.1) is 6.26 Å². The highest BCUT2D eigenvalue weighted by molar-refractivity contribution is 9.10. The number of halogens is 1. The normalized spacial score (nSPS) is 13.4. The fraction of sp³-hybridized carbons (Fsp3) is 0.167. The van der Waals surface area contributed by atoms with Gasteiger partial charge in [0.15, 0.2) is 0 Å². The highest BCUT2D eigenvalue weighted by atomic mass is 79.9. The lowest BCUT2D eigenvalue weighted by Gasteiger charge is -2.16. The van der Waals surface area contributed by atoms with Crippen molar-refractivity contribution in [2.45, 2.75) is 6.04 Å². The highest BCUT2D eigenvalue weighted by Crippen LogP contribution is 2.23. The van der Waals surface area contributed by atoms with Crippen LogP contribution in [0, 0.1) is 0 Å². The minimum absolute atomic E-state index is 0.149. The molecule has 0 radical (unpaired) electrons. The van der Waals surface area contributed by atoms with E-state index >= 15 is 0 Å². The number of alkyl halides is 1. The molecular weight excluding hydrogens is 318 g/mol. The molecule has 0 aliphatic heterocycles. The molecule has 0 bridgehead atoms. The van der Waals surface area contributed by atoms with E-state index in [1.807, 2.05) is 30.3 Å². The van der Waals surface area contributed by atoms with Crippen molar-refractivity contribution < 1.29 is 12.8 Å². The van der Waals surface area contributed by atoms with Crippen LogP contribution >= 0.6 is 15.9 Å². The van der Waals surface area contributed by atoms with Crippen LogP contribution in [0.3, 0.4) is 0 Å². The van der Waals surface area contributed by atoms with Crippen molar-refractivity contribution in [2.24, 2.45) is 0 Å². The summed E-state index contributed by atoms with van der Waals surface area (Å²) < 4.78 is 31.1. The average Bonchev–Trinajstić information content (AvgIpc) is 2.91. The molecule has 6 heteroatoms. The smallest absolute Gasteiger partial charge is 0.222 e. The maximum absolute atomic E-state index is 11.7. The Labute approximate surface area is 114 Å². The molecule has 0 fully saturated rings. The largest absolute Gasteiger partial charge is 0.467 e. The molecule has 0 saturated heterocycles. The third-order valence-electron chi connectivity index (χ3n) is 2.40. The molecule has 1 heterocycles. The van der Waals surface area contributed by atoms with Crippen molar-refractivity contribution >= 4 is 26.0 Å². The number of hydrogen-bond donors (Lipinski definition) is 1. The topological polar surface area (TPSA) is 59.3 Å². The lowest BCUT2D eigenvalue weighted by atomic mass is 10.1. The molecule has 1 aromatic heterocycles. The van der Waals surface area contributed by atoms with E-state index in [0.717, 1.165) is 5.56 Å². The lowest BCUT2D eigenvalue weighted by molar-refractivity contribution is 0.472. The van der Waals surface area contributed by atoms with E-state index in [1.165, 1.54) is 6.26 Å². The molecule has 96 valence electrons. The maximum Gasteiger partial charge on any atom is 0.222 e. The molecule has 0 aliphatic carbocycles. The highest BCUT2D eigenvalue weighted by Gasteiger charge is 2.22. The van der Waals surface area contributed by atoms with Gasteiger partial charge in [0.1, 0.15) is 16.5 Å². The van der Waals surface area contributed by atoms with Gasteiger partial charge < -0.3 is 4.42 Å². The maximum atomic E-state index is 11.7. The van der Waals surface area contributed by atoms with E-state index in [4.69, 9.17) is 4.42 Å². The van der Waals surface area contributed by atoms with Gasteiger partial charge in [-0.1, -0.05) is 46.3 Å². The van der Waals surface area contributed by atoms with Gasteiger partial charge in [0.25, 0.3) is 0 Å². The second kappa shape index (κ2) is 5.69. The van der Waals surface area contributed by atoms with Crippen molar-refractivity contribution in [3.05, 3.63) is 60.1 Å². The lowest BCUT2D eigenvalue weighted by Crippen LogP contribution is -2.29. The number of benzene rings is 1. The van der Waals surface area contributed by atoms with E-state index in [9.17, 15) is 8.42 Å². The predicted molar refractivity (Wildman–Crippen MR) is 72.8 cm³/mol. The Morgan fingerprint density at radius 2 is 1.89 bits per heavy atom. The first-order valence-electron chi connectivity index (χ1n) is 5.27. The average molecular weight is 330 g/mol. The summed E-state index contributed by atoms with van der Waals surface area (Å²) in [6.07, 6.45) is 1.52. The van der Waals surface area contributed by atoms with Crippen LogP contribution in [0.25, 0.3) is 0 Å². The first kappa shape index (κ1) is 13.3. The van der Waals surface area contributed by atoms with Crippen molar-refractivity contribution in [1.29, 1.82) is 0 Å². The molecule has 4 nitrogen and oxygen atoms in total. The first-order chi connectivity index (χ1) is 8.62. The molecule has 2 aromatic rings. The van der Waals surface area contributed by atoms with E-state index in [1.54, 1.807) is 12.1 Å². The van der Waals surface area contributed by atoms with Gasteiger partial charge in [-0.2, -0.15) is 4.72 Å². The van der Waals surface area contributed by atoms with Crippen LogP contribution < -0.4 is 4.72 Å². The summed E-state index contributed by atoms with van der Waals surface area (Å²) in [7, 11) is -3.39. The molecule has 2 rings (SSSR count). The van der Waals surface area contributed by atoms with Crippen molar-refractivity contribution in [1.82, 2.24) is 4.72 Å². The molecule has 0 aliphatic rings. The Balaban J connectivity index is 2.36. The monoisotopic (exact) mass is 329 g/mol. The number of rotatable bonds is 5. The Hall–Kier alpha value is -1.11. The van der Waals surface area contributed by atoms with Gasteiger partial charge in [0, 0.05) is 0 Å². The number of nitrogens with one attached hydrogen (secondary N) is 1. The summed E-state index contributed by atoms with van der Waals surface area (Å²) >= 11 is 2.95. The summed E-state index contributed by atoms with van der Waals surface area (Å²) in [6, 6.07) is 12.3. The molecule has 1 unspecified atom stereocenters. The molecule has 1 atom stereocenters. The molecule has 0 spiro atoms. The van der Waals surface area contributed by atoms with Gasteiger partial charge >= 0.3 is 0 Å². The van der Waals surface area contributed by atoms with Crippen LogP contribution in [-0.2, 0) is 10.0 Å². The Morgan fingerprint density at radius 1 is 1.17 bits per heavy atom.